The molecule has 0 aromatic rings. The summed E-state index contributed by atoms with van der Waals surface area (Å²) in [6.45, 7) is 3.64. The van der Waals surface area contributed by atoms with E-state index in [1.807, 2.05) is 0 Å². The van der Waals surface area contributed by atoms with E-state index in [1.165, 1.54) is 12.0 Å². The van der Waals surface area contributed by atoms with Crippen LogP contribution in [-0.2, 0) is 19.1 Å². The number of aliphatic hydroxyl groups is 1. The maximum Gasteiger partial charge on any atom is 0.407 e. The number of nitrogens with zero attached hydrogens (tertiary/aromatic N) is 1. The van der Waals surface area contributed by atoms with E-state index in [1.54, 1.807) is 13.8 Å². The molecule has 1 aliphatic rings. The second-order valence-electron chi connectivity index (χ2n) is 6.02. The van der Waals surface area contributed by atoms with Gasteiger partial charge in [-0.3, -0.25) is 4.79 Å². The Balaban J connectivity index is 2.39. The molecule has 0 aromatic carbocycles. The molecule has 22 heavy (non-hydrogen) atoms. The third-order valence-electron chi connectivity index (χ3n) is 3.45. The summed E-state index contributed by atoms with van der Waals surface area (Å²) in [5.74, 6) is -0.801. The zero-order valence-electron chi connectivity index (χ0n) is 13.3. The molecule has 0 spiro atoms. The molecule has 8 heteroatoms. The van der Waals surface area contributed by atoms with Crippen molar-refractivity contribution in [3.05, 3.63) is 0 Å². The molecule has 1 unspecified atom stereocenters. The van der Waals surface area contributed by atoms with Gasteiger partial charge in [0, 0.05) is 12.0 Å². The quantitative estimate of drug-likeness (QED) is 0.663. The Morgan fingerprint density at radius 2 is 2.05 bits per heavy atom. The van der Waals surface area contributed by atoms with Crippen LogP contribution < -0.4 is 5.32 Å². The monoisotopic (exact) mass is 316 g/mol. The number of aliphatic hydroxyl groups excluding tert-OH is 1. The summed E-state index contributed by atoms with van der Waals surface area (Å²) in [7, 11) is 1.28. The van der Waals surface area contributed by atoms with Gasteiger partial charge in [-0.25, -0.2) is 9.59 Å². The van der Waals surface area contributed by atoms with Gasteiger partial charge < -0.3 is 24.8 Å². The summed E-state index contributed by atoms with van der Waals surface area (Å²) >= 11 is 0. The second-order valence-corrected chi connectivity index (χ2v) is 6.02. The van der Waals surface area contributed by atoms with Crippen LogP contribution in [0.5, 0.6) is 0 Å². The highest BCUT2D eigenvalue weighted by Gasteiger charge is 2.34. The van der Waals surface area contributed by atoms with Crippen molar-refractivity contribution in [1.29, 1.82) is 0 Å². The molecule has 8 nitrogen and oxygen atoms in total. The molecule has 0 radical (unpaired) electrons. The van der Waals surface area contributed by atoms with Crippen molar-refractivity contribution >= 4 is 18.0 Å². The van der Waals surface area contributed by atoms with Gasteiger partial charge in [-0.05, 0) is 12.8 Å². The first-order chi connectivity index (χ1) is 10.3. The summed E-state index contributed by atoms with van der Waals surface area (Å²) in [5.41, 5.74) is -0.535. The van der Waals surface area contributed by atoms with Crippen LogP contribution in [0.3, 0.4) is 0 Å². The van der Waals surface area contributed by atoms with Crippen molar-refractivity contribution < 1.29 is 29.0 Å². The van der Waals surface area contributed by atoms with Crippen LogP contribution in [0.1, 0.15) is 26.7 Å². The number of carbonyl (C=O) groups is 3. The van der Waals surface area contributed by atoms with Gasteiger partial charge in [-0.2, -0.15) is 0 Å². The minimum atomic E-state index is -0.733. The van der Waals surface area contributed by atoms with Gasteiger partial charge in [-0.15, -0.1) is 0 Å². The first-order valence-electron chi connectivity index (χ1n) is 7.19. The van der Waals surface area contributed by atoms with Gasteiger partial charge in [0.1, 0.15) is 19.2 Å². The molecule has 0 bridgehead atoms. The zero-order chi connectivity index (χ0) is 16.8. The largest absolute Gasteiger partial charge is 0.467 e. The fourth-order valence-electron chi connectivity index (χ4n) is 2.05. The summed E-state index contributed by atoms with van der Waals surface area (Å²) in [6.07, 6.45) is 0.553. The van der Waals surface area contributed by atoms with Crippen LogP contribution in [0.4, 0.5) is 4.79 Å². The van der Waals surface area contributed by atoms with E-state index in [4.69, 9.17) is 9.84 Å². The normalized spacial score (nSPS) is 18.0. The van der Waals surface area contributed by atoms with Crippen LogP contribution >= 0.6 is 0 Å². The predicted octanol–water partition coefficient (Wildman–Crippen LogP) is -0.105. The zero-order valence-corrected chi connectivity index (χ0v) is 13.3. The first-order valence-corrected chi connectivity index (χ1v) is 7.19. The average Bonchev–Trinajstić information content (AvgIpc) is 2.99. The van der Waals surface area contributed by atoms with Crippen LogP contribution in [0.15, 0.2) is 0 Å². The van der Waals surface area contributed by atoms with E-state index < -0.39 is 23.5 Å². The minimum absolute atomic E-state index is 0.0397. The lowest BCUT2D eigenvalue weighted by Crippen LogP contribution is -2.46. The number of methoxy groups -OCH3 is 1. The highest BCUT2D eigenvalue weighted by molar-refractivity contribution is 5.87. The van der Waals surface area contributed by atoms with E-state index in [-0.39, 0.29) is 25.7 Å². The van der Waals surface area contributed by atoms with Gasteiger partial charge >= 0.3 is 12.1 Å². The van der Waals surface area contributed by atoms with Crippen molar-refractivity contribution in [3.63, 3.8) is 0 Å². The summed E-state index contributed by atoms with van der Waals surface area (Å²) in [4.78, 5) is 36.5. The lowest BCUT2D eigenvalue weighted by molar-refractivity contribution is -0.150. The molecular formula is C14H24N2O6. The molecule has 1 heterocycles. The number of rotatable bonds is 6. The Morgan fingerprint density at radius 1 is 1.36 bits per heavy atom. The van der Waals surface area contributed by atoms with Crippen LogP contribution in [0.2, 0.25) is 0 Å². The molecule has 0 saturated carbocycles. The predicted molar refractivity (Wildman–Crippen MR) is 77.0 cm³/mol. The maximum absolute atomic E-state index is 12.0. The van der Waals surface area contributed by atoms with Crippen molar-refractivity contribution in [3.8, 4) is 0 Å². The van der Waals surface area contributed by atoms with E-state index in [0.717, 1.165) is 6.42 Å². The number of esters is 1. The van der Waals surface area contributed by atoms with Crippen molar-refractivity contribution in [2.24, 2.45) is 5.41 Å². The summed E-state index contributed by atoms with van der Waals surface area (Å²) in [5, 5.41) is 11.4. The van der Waals surface area contributed by atoms with E-state index in [2.05, 4.69) is 10.1 Å². The van der Waals surface area contributed by atoms with E-state index in [0.29, 0.717) is 13.0 Å². The number of carbonyl (C=O) groups excluding carboxylic acids is 3. The van der Waals surface area contributed by atoms with Crippen molar-refractivity contribution in [2.45, 2.75) is 32.7 Å². The third kappa shape index (κ3) is 5.18. The molecule has 1 atom stereocenters. The highest BCUT2D eigenvalue weighted by atomic mass is 16.5. The fourth-order valence-corrected chi connectivity index (χ4v) is 2.05. The Hall–Kier alpha value is -1.83. The SMILES string of the molecule is COC(=O)C1CCCN1C(=O)CNC(=O)OCC(C)(C)CO. The number of alkyl carbamates (subject to hydrolysis) is 1. The number of hydrogen-bond donors (Lipinski definition) is 2. The smallest absolute Gasteiger partial charge is 0.407 e. The van der Waals surface area contributed by atoms with Crippen molar-refractivity contribution in [2.75, 3.05) is 33.4 Å². The lowest BCUT2D eigenvalue weighted by Gasteiger charge is -2.23. The highest BCUT2D eigenvalue weighted by Crippen LogP contribution is 2.18. The maximum atomic E-state index is 12.0. The topological polar surface area (TPSA) is 105 Å². The van der Waals surface area contributed by atoms with Crippen molar-refractivity contribution in [1.82, 2.24) is 10.2 Å². The van der Waals surface area contributed by atoms with Gasteiger partial charge in [-0.1, -0.05) is 13.8 Å². The molecule has 1 saturated heterocycles. The second kappa shape index (κ2) is 7.98. The van der Waals surface area contributed by atoms with Crippen LogP contribution in [0.25, 0.3) is 0 Å². The number of likely N-dealkylation sites (tertiary alicyclic amines) is 1. The number of nitrogens with one attached hydrogen (secondary N) is 1. The van der Waals surface area contributed by atoms with E-state index in [9.17, 15) is 14.4 Å². The average molecular weight is 316 g/mol. The Kier molecular flexibility index (Phi) is 6.61. The molecule has 1 rings (SSSR count). The number of amides is 2. The summed E-state index contributed by atoms with van der Waals surface area (Å²) in [6, 6.07) is -0.580. The molecule has 1 aliphatic heterocycles. The molecule has 1 fully saturated rings. The fraction of sp³-hybridized carbons (Fsp3) is 0.786. The number of ether oxygens (including phenoxy) is 2. The van der Waals surface area contributed by atoms with E-state index >= 15 is 0 Å². The summed E-state index contributed by atoms with van der Waals surface area (Å²) < 4.78 is 9.59. The van der Waals surface area contributed by atoms with Gasteiger partial charge in [0.05, 0.1) is 13.7 Å². The van der Waals surface area contributed by atoms with Crippen LogP contribution in [-0.4, -0.2) is 67.4 Å². The molecule has 0 aliphatic carbocycles. The molecular weight excluding hydrogens is 292 g/mol. The van der Waals surface area contributed by atoms with Gasteiger partial charge in [0.25, 0.3) is 0 Å². The Morgan fingerprint density at radius 3 is 2.64 bits per heavy atom. The number of hydrogen-bond acceptors (Lipinski definition) is 6. The van der Waals surface area contributed by atoms with Crippen LogP contribution in [0, 0.1) is 5.41 Å². The molecule has 126 valence electrons. The Bertz CT molecular complexity index is 424. The third-order valence-corrected chi connectivity index (χ3v) is 3.45. The lowest BCUT2D eigenvalue weighted by atomic mass is 9.97. The first kappa shape index (κ1) is 18.2. The molecule has 2 N–H and O–H groups in total. The van der Waals surface area contributed by atoms with Gasteiger partial charge in [0.15, 0.2) is 0 Å². The standard InChI is InChI=1S/C14H24N2O6/c1-14(2,8-17)9-22-13(20)15-7-11(18)16-6-4-5-10(16)12(19)21-3/h10,17H,4-9H2,1-3H3,(H,15,20). The Labute approximate surface area is 129 Å². The minimum Gasteiger partial charge on any atom is -0.467 e. The molecule has 0 aromatic heterocycles. The van der Waals surface area contributed by atoms with Gasteiger partial charge in [0.2, 0.25) is 5.91 Å². The molecule has 2 amide bonds.